The maximum atomic E-state index is 9.68. The Hall–Kier alpha value is -1.76. The summed E-state index contributed by atoms with van der Waals surface area (Å²) in [6.07, 6.45) is 2.27. The van der Waals surface area contributed by atoms with Crippen molar-refractivity contribution >= 4 is 0 Å². The van der Waals surface area contributed by atoms with E-state index in [1.54, 1.807) is 12.1 Å². The highest BCUT2D eigenvalue weighted by Crippen LogP contribution is 2.41. The standard InChI is InChI=1S/C23H32O/c1-8-9-16-14-19(22(2,3)4)21(20(15-16)23(5,6)7)17-10-12-18(24)13-11-17/h10-15,24H,8-9H2,1-7H3. The average molecular weight is 325 g/mol. The summed E-state index contributed by atoms with van der Waals surface area (Å²) in [6.45, 7) is 16.0. The molecule has 1 N–H and O–H groups in total. The van der Waals surface area contributed by atoms with Crippen LogP contribution < -0.4 is 0 Å². The second-order valence-corrected chi connectivity index (χ2v) is 8.86. The Balaban J connectivity index is 2.84. The zero-order valence-electron chi connectivity index (χ0n) is 16.3. The zero-order valence-corrected chi connectivity index (χ0v) is 16.3. The van der Waals surface area contributed by atoms with Crippen LogP contribution in [0.25, 0.3) is 11.1 Å². The predicted molar refractivity (Wildman–Crippen MR) is 105 cm³/mol. The molecule has 0 aliphatic heterocycles. The summed E-state index contributed by atoms with van der Waals surface area (Å²) in [7, 11) is 0. The molecule has 0 spiro atoms. The van der Waals surface area contributed by atoms with Crippen LogP contribution in [0.1, 0.15) is 71.6 Å². The summed E-state index contributed by atoms with van der Waals surface area (Å²) < 4.78 is 0. The highest BCUT2D eigenvalue weighted by molar-refractivity contribution is 5.74. The summed E-state index contributed by atoms with van der Waals surface area (Å²) >= 11 is 0. The lowest BCUT2D eigenvalue weighted by Gasteiger charge is -2.31. The molecule has 0 unspecified atom stereocenters. The Labute approximate surface area is 147 Å². The van der Waals surface area contributed by atoms with Gasteiger partial charge < -0.3 is 5.11 Å². The monoisotopic (exact) mass is 324 g/mol. The topological polar surface area (TPSA) is 20.2 Å². The van der Waals surface area contributed by atoms with E-state index in [-0.39, 0.29) is 10.8 Å². The van der Waals surface area contributed by atoms with Crippen molar-refractivity contribution in [3.05, 3.63) is 53.1 Å². The van der Waals surface area contributed by atoms with Crippen LogP contribution in [0.2, 0.25) is 0 Å². The number of aromatic hydroxyl groups is 1. The van der Waals surface area contributed by atoms with E-state index in [1.165, 1.54) is 27.8 Å². The Morgan fingerprint density at radius 2 is 1.25 bits per heavy atom. The largest absolute Gasteiger partial charge is 0.508 e. The number of phenolic OH excluding ortho intramolecular Hbond substituents is 1. The smallest absolute Gasteiger partial charge is 0.115 e. The van der Waals surface area contributed by atoms with Crippen LogP contribution in [-0.4, -0.2) is 5.11 Å². The Morgan fingerprint density at radius 1 is 0.792 bits per heavy atom. The van der Waals surface area contributed by atoms with Gasteiger partial charge in [0.15, 0.2) is 0 Å². The van der Waals surface area contributed by atoms with Gasteiger partial charge in [-0.1, -0.05) is 79.2 Å². The molecule has 0 atom stereocenters. The maximum Gasteiger partial charge on any atom is 0.115 e. The van der Waals surface area contributed by atoms with Gasteiger partial charge in [0.1, 0.15) is 5.75 Å². The minimum atomic E-state index is 0.0664. The molecule has 0 aromatic heterocycles. The van der Waals surface area contributed by atoms with Crippen LogP contribution >= 0.6 is 0 Å². The Morgan fingerprint density at radius 3 is 1.62 bits per heavy atom. The fourth-order valence-corrected chi connectivity index (χ4v) is 3.26. The summed E-state index contributed by atoms with van der Waals surface area (Å²) in [5, 5.41) is 9.68. The first-order chi connectivity index (χ1) is 11.0. The van der Waals surface area contributed by atoms with Crippen LogP contribution in [0.4, 0.5) is 0 Å². The normalized spacial score (nSPS) is 12.5. The van der Waals surface area contributed by atoms with E-state index in [2.05, 4.69) is 60.6 Å². The van der Waals surface area contributed by atoms with E-state index in [0.29, 0.717) is 5.75 Å². The molecule has 0 fully saturated rings. The molecule has 130 valence electrons. The minimum Gasteiger partial charge on any atom is -0.508 e. The molecule has 0 saturated heterocycles. The lowest BCUT2D eigenvalue weighted by Crippen LogP contribution is -2.20. The lowest BCUT2D eigenvalue weighted by molar-refractivity contribution is 0.475. The molecule has 1 nitrogen and oxygen atoms in total. The first-order valence-corrected chi connectivity index (χ1v) is 9.01. The summed E-state index contributed by atoms with van der Waals surface area (Å²) in [6, 6.07) is 12.4. The fraction of sp³-hybridized carbons (Fsp3) is 0.478. The molecule has 0 amide bonds. The predicted octanol–water partition coefficient (Wildman–Crippen LogP) is 6.61. The van der Waals surface area contributed by atoms with E-state index in [9.17, 15) is 5.11 Å². The quantitative estimate of drug-likeness (QED) is 0.673. The molecule has 2 rings (SSSR count). The van der Waals surface area contributed by atoms with Gasteiger partial charge in [-0.05, 0) is 57.2 Å². The van der Waals surface area contributed by atoms with Gasteiger partial charge in [0.2, 0.25) is 0 Å². The number of rotatable bonds is 3. The van der Waals surface area contributed by atoms with Crippen molar-refractivity contribution in [2.75, 3.05) is 0 Å². The molecule has 0 saturated carbocycles. The molecule has 0 aliphatic rings. The van der Waals surface area contributed by atoms with Crippen molar-refractivity contribution in [3.8, 4) is 16.9 Å². The third-order valence-electron chi connectivity index (χ3n) is 4.51. The highest BCUT2D eigenvalue weighted by Gasteiger charge is 2.27. The van der Waals surface area contributed by atoms with Gasteiger partial charge in [-0.25, -0.2) is 0 Å². The summed E-state index contributed by atoms with van der Waals surface area (Å²) in [5.41, 5.74) is 6.86. The first-order valence-electron chi connectivity index (χ1n) is 9.01. The van der Waals surface area contributed by atoms with Crippen molar-refractivity contribution in [1.29, 1.82) is 0 Å². The SMILES string of the molecule is CCCc1cc(C(C)(C)C)c(-c2ccc(O)cc2)c(C(C)(C)C)c1. The third kappa shape index (κ3) is 4.01. The first kappa shape index (κ1) is 18.6. The van der Waals surface area contributed by atoms with E-state index in [0.717, 1.165) is 12.8 Å². The molecular formula is C23H32O. The van der Waals surface area contributed by atoms with Crippen LogP contribution in [0.5, 0.6) is 5.75 Å². The van der Waals surface area contributed by atoms with Crippen molar-refractivity contribution < 1.29 is 5.11 Å². The minimum absolute atomic E-state index is 0.0664. The van der Waals surface area contributed by atoms with Crippen molar-refractivity contribution in [1.82, 2.24) is 0 Å². The molecule has 0 radical (unpaired) electrons. The Kier molecular flexibility index (Phi) is 5.13. The van der Waals surface area contributed by atoms with Gasteiger partial charge in [0.05, 0.1) is 0 Å². The second-order valence-electron chi connectivity index (χ2n) is 8.86. The maximum absolute atomic E-state index is 9.68. The number of benzene rings is 2. The van der Waals surface area contributed by atoms with Crippen LogP contribution in [0.15, 0.2) is 36.4 Å². The average Bonchev–Trinajstić information content (AvgIpc) is 2.46. The molecule has 2 aromatic carbocycles. The van der Waals surface area contributed by atoms with Crippen molar-refractivity contribution in [2.24, 2.45) is 0 Å². The van der Waals surface area contributed by atoms with Gasteiger partial charge in [-0.2, -0.15) is 0 Å². The van der Waals surface area contributed by atoms with Gasteiger partial charge in [-0.15, -0.1) is 0 Å². The van der Waals surface area contributed by atoms with Crippen molar-refractivity contribution in [3.63, 3.8) is 0 Å². The highest BCUT2D eigenvalue weighted by atomic mass is 16.3. The number of phenols is 1. The van der Waals surface area contributed by atoms with Gasteiger partial charge in [-0.3, -0.25) is 0 Å². The second kappa shape index (κ2) is 6.63. The number of aryl methyl sites for hydroxylation is 1. The number of hydrogen-bond donors (Lipinski definition) is 1. The molecule has 0 bridgehead atoms. The summed E-state index contributed by atoms with van der Waals surface area (Å²) in [5.74, 6) is 0.316. The van der Waals surface area contributed by atoms with Crippen LogP contribution in [0, 0.1) is 0 Å². The van der Waals surface area contributed by atoms with Gasteiger partial charge >= 0.3 is 0 Å². The fourth-order valence-electron chi connectivity index (χ4n) is 3.26. The molecule has 24 heavy (non-hydrogen) atoms. The van der Waals surface area contributed by atoms with E-state index in [4.69, 9.17) is 0 Å². The lowest BCUT2D eigenvalue weighted by atomic mass is 9.73. The van der Waals surface area contributed by atoms with Crippen LogP contribution in [-0.2, 0) is 17.3 Å². The molecule has 0 aliphatic carbocycles. The van der Waals surface area contributed by atoms with E-state index < -0.39 is 0 Å². The van der Waals surface area contributed by atoms with E-state index >= 15 is 0 Å². The van der Waals surface area contributed by atoms with Gasteiger partial charge in [0.25, 0.3) is 0 Å². The molecular weight excluding hydrogens is 292 g/mol. The molecule has 1 heteroatoms. The zero-order chi connectivity index (χ0) is 18.1. The summed E-state index contributed by atoms with van der Waals surface area (Å²) in [4.78, 5) is 0. The molecule has 0 heterocycles. The van der Waals surface area contributed by atoms with Crippen LogP contribution in [0.3, 0.4) is 0 Å². The number of hydrogen-bond acceptors (Lipinski definition) is 1. The van der Waals surface area contributed by atoms with Gasteiger partial charge in [0, 0.05) is 0 Å². The van der Waals surface area contributed by atoms with E-state index in [1.807, 2.05) is 12.1 Å². The molecule has 2 aromatic rings. The van der Waals surface area contributed by atoms with Crippen molar-refractivity contribution in [2.45, 2.75) is 72.1 Å². The third-order valence-corrected chi connectivity index (χ3v) is 4.51. The Bertz CT molecular complexity index is 659.